The summed E-state index contributed by atoms with van der Waals surface area (Å²) in [5, 5.41) is 17.4. The van der Waals surface area contributed by atoms with E-state index in [0.717, 1.165) is 5.69 Å². The van der Waals surface area contributed by atoms with Crippen LogP contribution in [-0.2, 0) is 0 Å². The molecule has 1 heterocycles. The molecule has 0 spiro atoms. The zero-order chi connectivity index (χ0) is 16.9. The fourth-order valence-corrected chi connectivity index (χ4v) is 2.33. The molecule has 3 aromatic rings. The Morgan fingerprint density at radius 1 is 1.17 bits per heavy atom. The molecule has 0 bridgehead atoms. The lowest BCUT2D eigenvalue weighted by atomic mass is 10.1. The van der Waals surface area contributed by atoms with Crippen molar-refractivity contribution in [1.82, 2.24) is 20.1 Å². The van der Waals surface area contributed by atoms with Crippen molar-refractivity contribution in [2.45, 2.75) is 6.10 Å². The minimum atomic E-state index is -0.791. The number of aliphatic hydroxyl groups excluding tert-OH is 1. The zero-order valence-electron chi connectivity index (χ0n) is 12.6. The van der Waals surface area contributed by atoms with Gasteiger partial charge in [-0.1, -0.05) is 23.7 Å². The van der Waals surface area contributed by atoms with Crippen molar-refractivity contribution in [2.24, 2.45) is 0 Å². The van der Waals surface area contributed by atoms with Gasteiger partial charge in [-0.2, -0.15) is 5.10 Å². The van der Waals surface area contributed by atoms with E-state index in [2.05, 4.69) is 15.4 Å². The smallest absolute Gasteiger partial charge is 0.251 e. The lowest BCUT2D eigenvalue weighted by Crippen LogP contribution is -2.28. The molecule has 0 aliphatic rings. The van der Waals surface area contributed by atoms with Gasteiger partial charge >= 0.3 is 0 Å². The predicted octanol–water partition coefficient (Wildman–Crippen LogP) is 2.38. The van der Waals surface area contributed by atoms with Gasteiger partial charge in [0.25, 0.3) is 5.91 Å². The number of carbonyl (C=O) groups excluding carboxylic acids is 1. The van der Waals surface area contributed by atoms with Crippen LogP contribution in [0.25, 0.3) is 5.69 Å². The number of nitrogens with zero attached hydrogens (tertiary/aromatic N) is 3. The van der Waals surface area contributed by atoms with Crippen LogP contribution in [0, 0.1) is 0 Å². The second kappa shape index (κ2) is 7.25. The van der Waals surface area contributed by atoms with Crippen LogP contribution in [0.15, 0.2) is 61.2 Å². The molecule has 0 fully saturated rings. The molecule has 0 aliphatic heterocycles. The SMILES string of the molecule is O=C(NCC(O)c1ccc(Cl)cc1)c1ccc(-n2cncn2)cc1. The molecule has 1 amide bonds. The van der Waals surface area contributed by atoms with Gasteiger partial charge in [0.2, 0.25) is 0 Å². The van der Waals surface area contributed by atoms with Crippen molar-refractivity contribution in [3.05, 3.63) is 77.3 Å². The Bertz CT molecular complexity index is 802. The molecule has 0 radical (unpaired) electrons. The third-order valence-corrected chi connectivity index (χ3v) is 3.78. The van der Waals surface area contributed by atoms with Gasteiger partial charge in [-0.05, 0) is 42.0 Å². The van der Waals surface area contributed by atoms with Crippen LogP contribution in [0.4, 0.5) is 0 Å². The summed E-state index contributed by atoms with van der Waals surface area (Å²) in [7, 11) is 0. The van der Waals surface area contributed by atoms with Gasteiger partial charge in [0, 0.05) is 17.1 Å². The van der Waals surface area contributed by atoms with E-state index in [1.807, 2.05) is 0 Å². The molecule has 7 heteroatoms. The van der Waals surface area contributed by atoms with Gasteiger partial charge in [-0.15, -0.1) is 0 Å². The topological polar surface area (TPSA) is 80.0 Å². The van der Waals surface area contributed by atoms with Crippen LogP contribution < -0.4 is 5.32 Å². The number of benzene rings is 2. The maximum atomic E-state index is 12.2. The molecule has 0 saturated heterocycles. The number of rotatable bonds is 5. The Labute approximate surface area is 143 Å². The minimum absolute atomic E-state index is 0.116. The standard InChI is InChI=1S/C17H15ClN4O2/c18-14-5-1-12(2-6-14)16(23)9-20-17(24)13-3-7-15(8-4-13)22-11-19-10-21-22/h1-8,10-11,16,23H,9H2,(H,20,24). The third-order valence-electron chi connectivity index (χ3n) is 3.52. The number of carbonyl (C=O) groups is 1. The highest BCUT2D eigenvalue weighted by atomic mass is 35.5. The Balaban J connectivity index is 1.59. The summed E-state index contributed by atoms with van der Waals surface area (Å²) in [4.78, 5) is 16.0. The van der Waals surface area contributed by atoms with E-state index in [1.54, 1.807) is 59.5 Å². The first kappa shape index (κ1) is 16.2. The molecule has 6 nitrogen and oxygen atoms in total. The van der Waals surface area contributed by atoms with Crippen molar-refractivity contribution in [3.63, 3.8) is 0 Å². The molecule has 3 rings (SSSR count). The minimum Gasteiger partial charge on any atom is -0.387 e. The summed E-state index contributed by atoms with van der Waals surface area (Å²) in [6.07, 6.45) is 2.23. The highest BCUT2D eigenvalue weighted by molar-refractivity contribution is 6.30. The largest absolute Gasteiger partial charge is 0.387 e. The summed E-state index contributed by atoms with van der Waals surface area (Å²) in [5.74, 6) is -0.256. The van der Waals surface area contributed by atoms with Gasteiger partial charge in [-0.25, -0.2) is 9.67 Å². The predicted molar refractivity (Wildman–Crippen MR) is 90.1 cm³/mol. The van der Waals surface area contributed by atoms with Crippen molar-refractivity contribution < 1.29 is 9.90 Å². The van der Waals surface area contributed by atoms with Crippen molar-refractivity contribution >= 4 is 17.5 Å². The highest BCUT2D eigenvalue weighted by Crippen LogP contribution is 2.16. The monoisotopic (exact) mass is 342 g/mol. The Morgan fingerprint density at radius 2 is 1.88 bits per heavy atom. The average Bonchev–Trinajstić information content (AvgIpc) is 3.15. The van der Waals surface area contributed by atoms with Crippen LogP contribution in [0.2, 0.25) is 5.02 Å². The summed E-state index contributed by atoms with van der Waals surface area (Å²) >= 11 is 5.81. The highest BCUT2D eigenvalue weighted by Gasteiger charge is 2.11. The molecule has 0 aliphatic carbocycles. The molecule has 122 valence electrons. The molecule has 1 unspecified atom stereocenters. The van der Waals surface area contributed by atoms with E-state index in [-0.39, 0.29) is 12.5 Å². The maximum absolute atomic E-state index is 12.2. The van der Waals surface area contributed by atoms with Crippen LogP contribution >= 0.6 is 11.6 Å². The first-order chi connectivity index (χ1) is 11.6. The lowest BCUT2D eigenvalue weighted by Gasteiger charge is -2.12. The van der Waals surface area contributed by atoms with Gasteiger partial charge in [0.1, 0.15) is 12.7 Å². The first-order valence-corrected chi connectivity index (χ1v) is 7.68. The summed E-state index contributed by atoms with van der Waals surface area (Å²) in [6.45, 7) is 0.116. The molecule has 2 aromatic carbocycles. The van der Waals surface area contributed by atoms with Gasteiger partial charge in [-0.3, -0.25) is 4.79 Å². The van der Waals surface area contributed by atoms with Crippen LogP contribution in [0.1, 0.15) is 22.0 Å². The second-order valence-electron chi connectivity index (χ2n) is 5.16. The first-order valence-electron chi connectivity index (χ1n) is 7.30. The summed E-state index contributed by atoms with van der Waals surface area (Å²) in [5.41, 5.74) is 2.01. The van der Waals surface area contributed by atoms with Crippen LogP contribution in [0.3, 0.4) is 0 Å². The molecule has 1 atom stereocenters. The Kier molecular flexibility index (Phi) is 4.88. The van der Waals surface area contributed by atoms with E-state index in [0.29, 0.717) is 16.1 Å². The average molecular weight is 343 g/mol. The van der Waals surface area contributed by atoms with Gasteiger partial charge in [0.05, 0.1) is 11.8 Å². The fourth-order valence-electron chi connectivity index (χ4n) is 2.20. The van der Waals surface area contributed by atoms with E-state index in [9.17, 15) is 9.90 Å². The Morgan fingerprint density at radius 3 is 2.50 bits per heavy atom. The normalized spacial score (nSPS) is 11.9. The second-order valence-corrected chi connectivity index (χ2v) is 5.60. The van der Waals surface area contributed by atoms with Crippen molar-refractivity contribution in [1.29, 1.82) is 0 Å². The molecular weight excluding hydrogens is 328 g/mol. The van der Waals surface area contributed by atoms with E-state index in [1.165, 1.54) is 6.33 Å². The molecule has 0 saturated carbocycles. The van der Waals surface area contributed by atoms with Crippen LogP contribution in [-0.4, -0.2) is 32.3 Å². The summed E-state index contributed by atoms with van der Waals surface area (Å²) < 4.78 is 1.60. The molecule has 24 heavy (non-hydrogen) atoms. The number of nitrogens with one attached hydrogen (secondary N) is 1. The maximum Gasteiger partial charge on any atom is 0.251 e. The van der Waals surface area contributed by atoms with E-state index < -0.39 is 6.10 Å². The number of hydrogen-bond donors (Lipinski definition) is 2. The zero-order valence-corrected chi connectivity index (χ0v) is 13.4. The third kappa shape index (κ3) is 3.79. The summed E-state index contributed by atoms with van der Waals surface area (Å²) in [6, 6.07) is 13.8. The molecule has 2 N–H and O–H groups in total. The number of aliphatic hydroxyl groups is 1. The number of halogens is 1. The van der Waals surface area contributed by atoms with E-state index >= 15 is 0 Å². The molecule has 1 aromatic heterocycles. The van der Waals surface area contributed by atoms with E-state index in [4.69, 9.17) is 11.6 Å². The van der Waals surface area contributed by atoms with Crippen LogP contribution in [0.5, 0.6) is 0 Å². The van der Waals surface area contributed by atoms with Crippen molar-refractivity contribution in [3.8, 4) is 5.69 Å². The quantitative estimate of drug-likeness (QED) is 0.746. The Hall–Kier alpha value is -2.70. The molecular formula is C17H15ClN4O2. The number of aromatic nitrogens is 3. The fraction of sp³-hybridized carbons (Fsp3) is 0.118. The van der Waals surface area contributed by atoms with Crippen molar-refractivity contribution in [2.75, 3.05) is 6.54 Å². The lowest BCUT2D eigenvalue weighted by molar-refractivity contribution is 0.0916. The van der Waals surface area contributed by atoms with Gasteiger partial charge in [0.15, 0.2) is 0 Å². The number of hydrogen-bond acceptors (Lipinski definition) is 4. The number of amides is 1. The van der Waals surface area contributed by atoms with Gasteiger partial charge < -0.3 is 10.4 Å².